The van der Waals surface area contributed by atoms with Crippen LogP contribution in [0.3, 0.4) is 0 Å². The van der Waals surface area contributed by atoms with E-state index in [1.165, 1.54) is 5.56 Å². The minimum atomic E-state index is -0.366. The summed E-state index contributed by atoms with van der Waals surface area (Å²) >= 11 is 2.27. The molecule has 0 aromatic heterocycles. The number of Topliss-reactive ketones (excluding diaryl/α,β-unsaturated/α-hetero) is 2. The van der Waals surface area contributed by atoms with Crippen LogP contribution in [0.25, 0.3) is 0 Å². The molecule has 0 saturated heterocycles. The van der Waals surface area contributed by atoms with E-state index in [9.17, 15) is 9.59 Å². The molecule has 0 fully saturated rings. The van der Waals surface area contributed by atoms with Gasteiger partial charge in [0.05, 0.1) is 10.2 Å². The Kier molecular flexibility index (Phi) is 8.36. The second-order valence-corrected chi connectivity index (χ2v) is 11.1. The van der Waals surface area contributed by atoms with Gasteiger partial charge in [-0.2, -0.15) is 0 Å². The first-order chi connectivity index (χ1) is 18.5. The van der Waals surface area contributed by atoms with Crippen molar-refractivity contribution in [3.05, 3.63) is 92.4 Å². The Morgan fingerprint density at radius 3 is 2.24 bits per heavy atom. The number of halogens is 1. The molecule has 0 N–H and O–H groups in total. The van der Waals surface area contributed by atoms with Crippen LogP contribution < -0.4 is 9.47 Å². The van der Waals surface area contributed by atoms with Gasteiger partial charge in [-0.1, -0.05) is 43.0 Å². The van der Waals surface area contributed by atoms with Crippen molar-refractivity contribution in [2.45, 2.75) is 57.8 Å². The van der Waals surface area contributed by atoms with Gasteiger partial charge in [0.1, 0.15) is 6.61 Å². The van der Waals surface area contributed by atoms with E-state index in [0.717, 1.165) is 70.3 Å². The van der Waals surface area contributed by atoms with Gasteiger partial charge in [-0.3, -0.25) is 9.59 Å². The molecular weight excluding hydrogens is 589 g/mol. The molecule has 0 saturated carbocycles. The molecule has 3 aliphatic rings. The van der Waals surface area contributed by atoms with Crippen molar-refractivity contribution in [2.75, 3.05) is 19.8 Å². The third-order valence-electron chi connectivity index (χ3n) is 7.56. The second kappa shape index (κ2) is 11.9. The number of ether oxygens (including phenoxy) is 2. The Balaban J connectivity index is 1.64. The van der Waals surface area contributed by atoms with Crippen LogP contribution in [0.4, 0.5) is 0 Å². The van der Waals surface area contributed by atoms with Gasteiger partial charge in [-0.15, -0.1) is 0 Å². The highest BCUT2D eigenvalue weighted by atomic mass is 127. The van der Waals surface area contributed by atoms with E-state index in [2.05, 4.69) is 64.4 Å². The molecule has 0 atom stereocenters. The molecule has 1 heterocycles. The van der Waals surface area contributed by atoms with Crippen LogP contribution in [0.2, 0.25) is 0 Å². The molecule has 38 heavy (non-hydrogen) atoms. The number of allylic oxidation sites excluding steroid dienone is 4. The lowest BCUT2D eigenvalue weighted by molar-refractivity contribution is -0.117. The number of carbonyl (C=O) groups excluding carboxylic acids is 2. The van der Waals surface area contributed by atoms with Crippen LogP contribution in [0.15, 0.2) is 77.7 Å². The van der Waals surface area contributed by atoms with Crippen molar-refractivity contribution in [1.29, 1.82) is 0 Å². The molecule has 0 unspecified atom stereocenters. The highest BCUT2D eigenvalue weighted by molar-refractivity contribution is 14.1. The Morgan fingerprint density at radius 2 is 1.63 bits per heavy atom. The average molecular weight is 624 g/mol. The van der Waals surface area contributed by atoms with Gasteiger partial charge < -0.3 is 14.4 Å². The van der Waals surface area contributed by atoms with Crippen molar-refractivity contribution in [2.24, 2.45) is 0 Å². The molecule has 1 aliphatic heterocycles. The first-order valence-corrected chi connectivity index (χ1v) is 14.6. The summed E-state index contributed by atoms with van der Waals surface area (Å²) in [5.74, 6) is 1.26. The quantitative estimate of drug-likeness (QED) is 0.225. The molecule has 198 valence electrons. The van der Waals surface area contributed by atoms with Crippen molar-refractivity contribution in [1.82, 2.24) is 4.90 Å². The molecule has 5 nitrogen and oxygen atoms in total. The zero-order valence-corrected chi connectivity index (χ0v) is 24.1. The predicted octanol–water partition coefficient (Wildman–Crippen LogP) is 6.91. The Morgan fingerprint density at radius 1 is 0.974 bits per heavy atom. The highest BCUT2D eigenvalue weighted by Crippen LogP contribution is 2.50. The van der Waals surface area contributed by atoms with Crippen molar-refractivity contribution in [3.63, 3.8) is 0 Å². The van der Waals surface area contributed by atoms with E-state index in [1.54, 1.807) is 6.08 Å². The monoisotopic (exact) mass is 623 g/mol. The maximum absolute atomic E-state index is 13.6. The van der Waals surface area contributed by atoms with E-state index in [4.69, 9.17) is 9.47 Å². The van der Waals surface area contributed by atoms with Gasteiger partial charge in [0.25, 0.3) is 0 Å². The standard InChI is InChI=1S/C32H34INO4/c1-3-18-38-32-23(33)19-22(20-28(32)37-4-2)29-30-24(12-8-14-26(30)35)34(17-16-21-10-6-5-7-11-21)25-13-9-15-27(36)31(25)29/h3,5-7,10-11,19-20,29H,1,4,8-9,12-18H2,2H3. The van der Waals surface area contributed by atoms with E-state index in [0.29, 0.717) is 37.6 Å². The van der Waals surface area contributed by atoms with Gasteiger partial charge in [0.2, 0.25) is 0 Å². The van der Waals surface area contributed by atoms with Crippen LogP contribution in [0.1, 0.15) is 62.5 Å². The molecule has 0 bridgehead atoms. The number of rotatable bonds is 9. The van der Waals surface area contributed by atoms with E-state index in [-0.39, 0.29) is 17.5 Å². The number of carbonyl (C=O) groups is 2. The highest BCUT2D eigenvalue weighted by Gasteiger charge is 2.43. The average Bonchev–Trinajstić information content (AvgIpc) is 2.92. The first-order valence-electron chi connectivity index (χ1n) is 13.6. The van der Waals surface area contributed by atoms with Crippen LogP contribution >= 0.6 is 22.6 Å². The summed E-state index contributed by atoms with van der Waals surface area (Å²) in [6.07, 6.45) is 7.02. The Labute approximate surface area is 238 Å². The van der Waals surface area contributed by atoms with Gasteiger partial charge in [-0.25, -0.2) is 0 Å². The minimum absolute atomic E-state index is 0.158. The first kappa shape index (κ1) is 26.7. The SMILES string of the molecule is C=CCOc1c(I)cc(C2C3=C(CCCC3=O)N(CCc3ccccc3)C3=C2C(=O)CCC3)cc1OCC. The Hall–Kier alpha value is -2.87. The fourth-order valence-corrected chi connectivity index (χ4v) is 6.79. The summed E-state index contributed by atoms with van der Waals surface area (Å²) in [6, 6.07) is 14.5. The molecule has 2 aromatic rings. The summed E-state index contributed by atoms with van der Waals surface area (Å²) in [7, 11) is 0. The van der Waals surface area contributed by atoms with Gasteiger partial charge >= 0.3 is 0 Å². The number of hydrogen-bond donors (Lipinski definition) is 0. The number of nitrogens with zero attached hydrogens (tertiary/aromatic N) is 1. The molecule has 0 amide bonds. The fraction of sp³-hybridized carbons (Fsp3) is 0.375. The zero-order valence-electron chi connectivity index (χ0n) is 21.9. The summed E-state index contributed by atoms with van der Waals surface area (Å²) < 4.78 is 12.8. The molecular formula is C32H34INO4. The van der Waals surface area contributed by atoms with Gasteiger partial charge in [0.15, 0.2) is 23.1 Å². The second-order valence-electron chi connectivity index (χ2n) is 9.96. The number of ketones is 2. The molecule has 0 radical (unpaired) electrons. The summed E-state index contributed by atoms with van der Waals surface area (Å²) in [6.45, 7) is 7.33. The van der Waals surface area contributed by atoms with E-state index in [1.807, 2.05) is 19.1 Å². The molecule has 5 rings (SSSR count). The molecule has 0 spiro atoms. The van der Waals surface area contributed by atoms with Gasteiger partial charge in [-0.05, 0) is 84.9 Å². The van der Waals surface area contributed by atoms with Crippen LogP contribution in [-0.4, -0.2) is 36.2 Å². The van der Waals surface area contributed by atoms with Crippen LogP contribution in [0.5, 0.6) is 11.5 Å². The maximum Gasteiger partial charge on any atom is 0.174 e. The van der Waals surface area contributed by atoms with E-state index >= 15 is 0 Å². The largest absolute Gasteiger partial charge is 0.490 e. The normalized spacial score (nSPS) is 17.9. The lowest BCUT2D eigenvalue weighted by Crippen LogP contribution is -2.40. The van der Waals surface area contributed by atoms with E-state index < -0.39 is 0 Å². The molecule has 2 aliphatic carbocycles. The zero-order chi connectivity index (χ0) is 26.6. The lowest BCUT2D eigenvalue weighted by Gasteiger charge is -2.44. The number of hydrogen-bond acceptors (Lipinski definition) is 5. The lowest BCUT2D eigenvalue weighted by atomic mass is 9.71. The summed E-state index contributed by atoms with van der Waals surface area (Å²) in [4.78, 5) is 29.6. The van der Waals surface area contributed by atoms with Crippen molar-refractivity contribution in [3.8, 4) is 11.5 Å². The summed E-state index contributed by atoms with van der Waals surface area (Å²) in [5, 5.41) is 0. The molecule has 2 aromatic carbocycles. The molecule has 6 heteroatoms. The predicted molar refractivity (Wildman–Crippen MR) is 157 cm³/mol. The third-order valence-corrected chi connectivity index (χ3v) is 8.37. The smallest absolute Gasteiger partial charge is 0.174 e. The minimum Gasteiger partial charge on any atom is -0.490 e. The fourth-order valence-electron chi connectivity index (χ4n) is 6.01. The third kappa shape index (κ3) is 5.20. The number of benzene rings is 2. The summed E-state index contributed by atoms with van der Waals surface area (Å²) in [5.41, 5.74) is 6.00. The van der Waals surface area contributed by atoms with Gasteiger partial charge in [0, 0.05) is 47.8 Å². The van der Waals surface area contributed by atoms with Crippen molar-refractivity contribution < 1.29 is 19.1 Å². The Bertz CT molecular complexity index is 1270. The van der Waals surface area contributed by atoms with Crippen LogP contribution in [0, 0.1) is 3.57 Å². The topological polar surface area (TPSA) is 55.8 Å². The maximum atomic E-state index is 13.6. The van der Waals surface area contributed by atoms with Crippen molar-refractivity contribution >= 4 is 34.2 Å². The van der Waals surface area contributed by atoms with Crippen LogP contribution in [-0.2, 0) is 16.0 Å².